The molecule has 0 aliphatic carbocycles. The van der Waals surface area contributed by atoms with Crippen molar-refractivity contribution < 1.29 is 14.7 Å². The van der Waals surface area contributed by atoms with E-state index >= 15 is 0 Å². The largest absolute Gasteiger partial charge is 0.476 e. The lowest BCUT2D eigenvalue weighted by Gasteiger charge is -1.99. The molecule has 0 radical (unpaired) electrons. The monoisotopic (exact) mass is 236 g/mol. The van der Waals surface area contributed by atoms with Gasteiger partial charge in [0, 0.05) is 6.20 Å². The molecule has 0 bridgehead atoms. The number of aromatic nitrogens is 2. The number of nitrogens with zero attached hydrogens (tertiary/aromatic N) is 2. The van der Waals surface area contributed by atoms with Gasteiger partial charge in [-0.05, 0) is 6.26 Å². The third-order valence-electron chi connectivity index (χ3n) is 1.56. The molecule has 0 atom stereocenters. The number of rotatable bonds is 3. The van der Waals surface area contributed by atoms with Gasteiger partial charge in [0.2, 0.25) is 0 Å². The van der Waals surface area contributed by atoms with Crippen molar-refractivity contribution in [3.63, 3.8) is 0 Å². The van der Waals surface area contributed by atoms with Crippen LogP contribution in [-0.4, -0.2) is 33.6 Å². The highest BCUT2D eigenvalue weighted by Crippen LogP contribution is 2.11. The predicted octanol–water partition coefficient (Wildman–Crippen LogP) is 0.837. The topological polar surface area (TPSA) is 80.2 Å². The van der Waals surface area contributed by atoms with Crippen molar-refractivity contribution in [3.8, 4) is 11.8 Å². The van der Waals surface area contributed by atoms with Crippen molar-refractivity contribution in [2.75, 3.05) is 6.26 Å². The predicted molar refractivity (Wildman–Crippen MR) is 58.3 cm³/mol. The molecule has 16 heavy (non-hydrogen) atoms. The number of carbonyl (C=O) groups excluding carboxylic acids is 1. The second kappa shape index (κ2) is 5.88. The summed E-state index contributed by atoms with van der Waals surface area (Å²) in [6, 6.07) is 0. The Balaban J connectivity index is 3.14. The van der Waals surface area contributed by atoms with Crippen molar-refractivity contribution in [1.29, 1.82) is 0 Å². The number of carboxylic acid groups (broad SMARTS) is 1. The third-order valence-corrected chi connectivity index (χ3v) is 2.12. The number of aldehydes is 1. The Morgan fingerprint density at radius 1 is 1.69 bits per heavy atom. The fourth-order valence-electron chi connectivity index (χ4n) is 0.906. The van der Waals surface area contributed by atoms with Crippen LogP contribution in [0, 0.1) is 11.8 Å². The molecule has 0 spiro atoms. The molecule has 82 valence electrons. The zero-order valence-electron chi connectivity index (χ0n) is 8.43. The van der Waals surface area contributed by atoms with Gasteiger partial charge in [0.15, 0.2) is 10.9 Å². The molecule has 0 unspecified atom stereocenters. The van der Waals surface area contributed by atoms with Crippen LogP contribution < -0.4 is 0 Å². The highest BCUT2D eigenvalue weighted by atomic mass is 32.2. The van der Waals surface area contributed by atoms with Gasteiger partial charge >= 0.3 is 5.97 Å². The standard InChI is InChI=1S/C10H8N2O3S/c1-16-10-11-6-7(4-2-3-5-13)8(12-10)9(14)15/h5-6H,3H2,1H3,(H,14,15). The van der Waals surface area contributed by atoms with E-state index < -0.39 is 5.97 Å². The van der Waals surface area contributed by atoms with E-state index in [4.69, 9.17) is 5.11 Å². The smallest absolute Gasteiger partial charge is 0.355 e. The molecule has 1 aromatic heterocycles. The SMILES string of the molecule is CSc1ncc(C#CCC=O)c(C(=O)O)n1. The lowest BCUT2D eigenvalue weighted by Crippen LogP contribution is -2.06. The van der Waals surface area contributed by atoms with E-state index in [-0.39, 0.29) is 17.7 Å². The van der Waals surface area contributed by atoms with E-state index in [0.29, 0.717) is 11.4 Å². The van der Waals surface area contributed by atoms with Crippen molar-refractivity contribution in [2.45, 2.75) is 11.6 Å². The lowest BCUT2D eigenvalue weighted by molar-refractivity contribution is -0.107. The van der Waals surface area contributed by atoms with Gasteiger partial charge in [0.05, 0.1) is 12.0 Å². The van der Waals surface area contributed by atoms with Gasteiger partial charge in [-0.25, -0.2) is 14.8 Å². The highest BCUT2D eigenvalue weighted by molar-refractivity contribution is 7.98. The van der Waals surface area contributed by atoms with E-state index in [1.165, 1.54) is 18.0 Å². The van der Waals surface area contributed by atoms with Crippen LogP contribution in [0.2, 0.25) is 0 Å². The van der Waals surface area contributed by atoms with E-state index in [1.807, 2.05) is 0 Å². The van der Waals surface area contributed by atoms with Crippen LogP contribution in [0.1, 0.15) is 22.5 Å². The maximum absolute atomic E-state index is 10.9. The Labute approximate surface area is 96.3 Å². The molecule has 0 fully saturated rings. The molecule has 0 aliphatic heterocycles. The van der Waals surface area contributed by atoms with Crippen LogP contribution in [0.5, 0.6) is 0 Å². The van der Waals surface area contributed by atoms with Crippen LogP contribution in [0.25, 0.3) is 0 Å². The molecule has 0 saturated carbocycles. The average Bonchev–Trinajstić information content (AvgIpc) is 2.29. The van der Waals surface area contributed by atoms with Gasteiger partial charge in [-0.1, -0.05) is 23.6 Å². The summed E-state index contributed by atoms with van der Waals surface area (Å²) in [7, 11) is 0. The lowest BCUT2D eigenvalue weighted by atomic mass is 10.2. The van der Waals surface area contributed by atoms with E-state index in [1.54, 1.807) is 6.26 Å². The molecule has 0 saturated heterocycles. The number of hydrogen-bond donors (Lipinski definition) is 1. The number of aromatic carboxylic acids is 1. The highest BCUT2D eigenvalue weighted by Gasteiger charge is 2.12. The Bertz CT molecular complexity index is 477. The number of carbonyl (C=O) groups is 2. The molecule has 1 aromatic rings. The first-order valence-corrected chi connectivity index (χ1v) is 5.48. The molecule has 1 heterocycles. The summed E-state index contributed by atoms with van der Waals surface area (Å²) >= 11 is 1.25. The Hall–Kier alpha value is -1.87. The number of thioether (sulfide) groups is 1. The van der Waals surface area contributed by atoms with Gasteiger partial charge in [-0.3, -0.25) is 0 Å². The van der Waals surface area contributed by atoms with Crippen LogP contribution in [0.3, 0.4) is 0 Å². The minimum absolute atomic E-state index is 0.0589. The summed E-state index contributed by atoms with van der Waals surface area (Å²) in [6.07, 6.45) is 3.80. The summed E-state index contributed by atoms with van der Waals surface area (Å²) in [5, 5.41) is 9.28. The molecular formula is C10H8N2O3S. The Kier molecular flexibility index (Phi) is 4.48. The van der Waals surface area contributed by atoms with Crippen LogP contribution in [0.15, 0.2) is 11.4 Å². The van der Waals surface area contributed by atoms with E-state index in [2.05, 4.69) is 21.8 Å². The quantitative estimate of drug-likeness (QED) is 0.362. The normalized spacial score (nSPS) is 9.06. The van der Waals surface area contributed by atoms with Crippen LogP contribution in [0.4, 0.5) is 0 Å². The molecule has 1 N–H and O–H groups in total. The van der Waals surface area contributed by atoms with Gasteiger partial charge in [0.25, 0.3) is 0 Å². The van der Waals surface area contributed by atoms with Gasteiger partial charge < -0.3 is 9.90 Å². The molecular weight excluding hydrogens is 228 g/mol. The van der Waals surface area contributed by atoms with E-state index in [0.717, 1.165) is 0 Å². The minimum Gasteiger partial charge on any atom is -0.476 e. The summed E-state index contributed by atoms with van der Waals surface area (Å²) in [4.78, 5) is 28.7. The molecule has 0 aliphatic rings. The minimum atomic E-state index is -1.16. The van der Waals surface area contributed by atoms with Crippen LogP contribution >= 0.6 is 11.8 Å². The summed E-state index contributed by atoms with van der Waals surface area (Å²) < 4.78 is 0. The van der Waals surface area contributed by atoms with Crippen molar-refractivity contribution in [1.82, 2.24) is 9.97 Å². The first kappa shape index (κ1) is 12.2. The third kappa shape index (κ3) is 3.07. The Morgan fingerprint density at radius 3 is 3.00 bits per heavy atom. The second-order valence-electron chi connectivity index (χ2n) is 2.60. The molecule has 0 amide bonds. The molecule has 5 nitrogen and oxygen atoms in total. The first-order chi connectivity index (χ1) is 7.69. The van der Waals surface area contributed by atoms with Gasteiger partial charge in [-0.15, -0.1) is 0 Å². The first-order valence-electron chi connectivity index (χ1n) is 4.26. The zero-order chi connectivity index (χ0) is 12.0. The maximum atomic E-state index is 10.9. The Morgan fingerprint density at radius 2 is 2.44 bits per heavy atom. The molecule has 0 aromatic carbocycles. The zero-order valence-corrected chi connectivity index (χ0v) is 9.24. The van der Waals surface area contributed by atoms with Crippen LogP contribution in [-0.2, 0) is 4.79 Å². The van der Waals surface area contributed by atoms with Crippen molar-refractivity contribution in [3.05, 3.63) is 17.5 Å². The van der Waals surface area contributed by atoms with Gasteiger partial charge in [0.1, 0.15) is 6.29 Å². The van der Waals surface area contributed by atoms with Gasteiger partial charge in [-0.2, -0.15) is 0 Å². The van der Waals surface area contributed by atoms with Crippen molar-refractivity contribution >= 4 is 24.0 Å². The van der Waals surface area contributed by atoms with E-state index in [9.17, 15) is 9.59 Å². The summed E-state index contributed by atoms with van der Waals surface area (Å²) in [5.41, 5.74) is 0.0740. The second-order valence-corrected chi connectivity index (χ2v) is 3.37. The fraction of sp³-hybridized carbons (Fsp3) is 0.200. The number of hydrogen-bond acceptors (Lipinski definition) is 5. The number of carboxylic acids is 1. The average molecular weight is 236 g/mol. The van der Waals surface area contributed by atoms with Crippen molar-refractivity contribution in [2.24, 2.45) is 0 Å². The summed E-state index contributed by atoms with van der Waals surface area (Å²) in [5.74, 6) is 3.91. The maximum Gasteiger partial charge on any atom is 0.355 e. The molecule has 1 rings (SSSR count). The summed E-state index contributed by atoms with van der Waals surface area (Å²) in [6.45, 7) is 0. The molecule has 6 heteroatoms. The fourth-order valence-corrected chi connectivity index (χ4v) is 1.25.